The van der Waals surface area contributed by atoms with Crippen molar-refractivity contribution in [2.45, 2.75) is 6.42 Å². The highest BCUT2D eigenvalue weighted by molar-refractivity contribution is 5.49. The van der Waals surface area contributed by atoms with Gasteiger partial charge < -0.3 is 4.42 Å². The number of aromatic nitrogens is 1. The second kappa shape index (κ2) is 2.70. The second-order valence-electron chi connectivity index (χ2n) is 3.84. The number of hydrogen-bond donors (Lipinski definition) is 0. The fourth-order valence-corrected chi connectivity index (χ4v) is 2.31. The van der Waals surface area contributed by atoms with Gasteiger partial charge in [-0.25, -0.2) is 4.98 Å². The van der Waals surface area contributed by atoms with Crippen molar-refractivity contribution < 1.29 is 4.42 Å². The van der Waals surface area contributed by atoms with Crippen molar-refractivity contribution in [3.63, 3.8) is 0 Å². The van der Waals surface area contributed by atoms with E-state index in [1.165, 1.54) is 31.5 Å². The number of nitrogens with zero attached hydrogens (tertiary/aromatic N) is 2. The number of rotatable bonds is 1. The van der Waals surface area contributed by atoms with Crippen LogP contribution in [0.1, 0.15) is 12.2 Å². The lowest BCUT2D eigenvalue weighted by Gasteiger charge is -2.13. The molecule has 68 valence electrons. The van der Waals surface area contributed by atoms with Gasteiger partial charge in [0.05, 0.1) is 6.20 Å². The summed E-state index contributed by atoms with van der Waals surface area (Å²) in [6.45, 7) is 3.66. The molecule has 2 aliphatic rings. The highest BCUT2D eigenvalue weighted by Gasteiger charge is 2.33. The summed E-state index contributed by atoms with van der Waals surface area (Å²) in [6, 6.07) is 0. The molecule has 0 N–H and O–H groups in total. The molecule has 2 fully saturated rings. The maximum absolute atomic E-state index is 5.20. The van der Waals surface area contributed by atoms with Crippen LogP contribution in [0.25, 0.3) is 6.08 Å². The maximum atomic E-state index is 5.20. The molecule has 3 nitrogen and oxygen atoms in total. The Balaban J connectivity index is 1.86. The van der Waals surface area contributed by atoms with Crippen molar-refractivity contribution in [3.8, 4) is 0 Å². The van der Waals surface area contributed by atoms with Crippen LogP contribution in [0.5, 0.6) is 0 Å². The average molecular weight is 176 g/mol. The molecule has 2 atom stereocenters. The monoisotopic (exact) mass is 176 g/mol. The molecule has 0 amide bonds. The second-order valence-corrected chi connectivity index (χ2v) is 3.84. The third kappa shape index (κ3) is 1.20. The summed E-state index contributed by atoms with van der Waals surface area (Å²) >= 11 is 0. The van der Waals surface area contributed by atoms with E-state index in [4.69, 9.17) is 4.42 Å². The van der Waals surface area contributed by atoms with Gasteiger partial charge in [-0.15, -0.1) is 0 Å². The van der Waals surface area contributed by atoms with E-state index in [1.807, 2.05) is 0 Å². The minimum atomic E-state index is 0.782. The first-order chi connectivity index (χ1) is 6.42. The van der Waals surface area contributed by atoms with E-state index in [1.54, 1.807) is 6.20 Å². The predicted octanol–water partition coefficient (Wildman–Crippen LogP) is 1.39. The Hall–Kier alpha value is -1.09. The zero-order valence-electron chi connectivity index (χ0n) is 7.44. The van der Waals surface area contributed by atoms with E-state index in [9.17, 15) is 0 Å². The SMILES string of the molecule is C(=C1/CN2CCC1C2)/c1cnco1. The lowest BCUT2D eigenvalue weighted by atomic mass is 9.99. The third-order valence-electron chi connectivity index (χ3n) is 2.98. The van der Waals surface area contributed by atoms with Crippen molar-refractivity contribution in [3.05, 3.63) is 23.9 Å². The molecule has 3 rings (SSSR count). The lowest BCUT2D eigenvalue weighted by molar-refractivity contribution is 0.393. The fourth-order valence-electron chi connectivity index (χ4n) is 2.31. The van der Waals surface area contributed by atoms with Crippen molar-refractivity contribution in [1.82, 2.24) is 9.88 Å². The topological polar surface area (TPSA) is 29.3 Å². The van der Waals surface area contributed by atoms with Crippen molar-refractivity contribution in [2.24, 2.45) is 5.92 Å². The average Bonchev–Trinajstić information content (AvgIpc) is 2.77. The van der Waals surface area contributed by atoms with Gasteiger partial charge in [0.2, 0.25) is 0 Å². The summed E-state index contributed by atoms with van der Waals surface area (Å²) in [4.78, 5) is 6.39. The minimum Gasteiger partial charge on any atom is -0.444 e. The predicted molar refractivity (Wildman–Crippen MR) is 49.0 cm³/mol. The molecular formula is C10H12N2O. The minimum absolute atomic E-state index is 0.782. The molecule has 0 aromatic carbocycles. The van der Waals surface area contributed by atoms with E-state index in [-0.39, 0.29) is 0 Å². The molecule has 1 aromatic rings. The molecule has 1 aromatic heterocycles. The van der Waals surface area contributed by atoms with Gasteiger partial charge in [-0.3, -0.25) is 4.90 Å². The number of piperidine rings is 1. The van der Waals surface area contributed by atoms with Gasteiger partial charge in [-0.1, -0.05) is 0 Å². The van der Waals surface area contributed by atoms with Crippen LogP contribution in [0.15, 0.2) is 22.6 Å². The smallest absolute Gasteiger partial charge is 0.181 e. The fraction of sp³-hybridized carbons (Fsp3) is 0.500. The van der Waals surface area contributed by atoms with Crippen molar-refractivity contribution in [2.75, 3.05) is 19.6 Å². The molecule has 13 heavy (non-hydrogen) atoms. The lowest BCUT2D eigenvalue weighted by Crippen LogP contribution is -2.17. The van der Waals surface area contributed by atoms with Gasteiger partial charge >= 0.3 is 0 Å². The van der Waals surface area contributed by atoms with E-state index < -0.39 is 0 Å². The Morgan fingerprint density at radius 1 is 1.62 bits per heavy atom. The highest BCUT2D eigenvalue weighted by atomic mass is 16.3. The molecule has 2 unspecified atom stereocenters. The summed E-state index contributed by atoms with van der Waals surface area (Å²) in [5.74, 6) is 1.67. The molecule has 2 bridgehead atoms. The van der Waals surface area contributed by atoms with Gasteiger partial charge in [0.15, 0.2) is 6.39 Å². The van der Waals surface area contributed by atoms with Crippen LogP contribution < -0.4 is 0 Å². The molecule has 0 saturated carbocycles. The van der Waals surface area contributed by atoms with Gasteiger partial charge in [-0.05, 0) is 30.5 Å². The Morgan fingerprint density at radius 3 is 3.23 bits per heavy atom. The van der Waals surface area contributed by atoms with E-state index in [0.717, 1.165) is 18.2 Å². The first-order valence-electron chi connectivity index (χ1n) is 4.73. The van der Waals surface area contributed by atoms with E-state index in [2.05, 4.69) is 16.0 Å². The molecule has 0 radical (unpaired) electrons. The quantitative estimate of drug-likeness (QED) is 0.647. The van der Waals surface area contributed by atoms with Crippen molar-refractivity contribution in [1.29, 1.82) is 0 Å². The summed E-state index contributed by atoms with van der Waals surface area (Å²) in [5, 5.41) is 0. The normalized spacial score (nSPS) is 34.6. The number of fused-ring (bicyclic) bond motifs is 2. The standard InChI is InChI=1S/C10H12N2O/c1-2-12-5-8(1)9(6-12)3-10-4-11-7-13-10/h3-4,7-8H,1-2,5-6H2/b9-3+. The maximum Gasteiger partial charge on any atom is 0.181 e. The van der Waals surface area contributed by atoms with Crippen molar-refractivity contribution >= 4 is 6.08 Å². The first kappa shape index (κ1) is 7.33. The zero-order valence-corrected chi connectivity index (χ0v) is 7.44. The van der Waals surface area contributed by atoms with Crippen LogP contribution in [0.2, 0.25) is 0 Å². The molecule has 2 aliphatic heterocycles. The Bertz CT molecular complexity index is 329. The first-order valence-corrected chi connectivity index (χ1v) is 4.73. The van der Waals surface area contributed by atoms with Gasteiger partial charge in [-0.2, -0.15) is 0 Å². The third-order valence-corrected chi connectivity index (χ3v) is 2.98. The van der Waals surface area contributed by atoms with E-state index in [0.29, 0.717) is 0 Å². The van der Waals surface area contributed by atoms with Gasteiger partial charge in [0.25, 0.3) is 0 Å². The van der Waals surface area contributed by atoms with Crippen LogP contribution >= 0.6 is 0 Å². The Kier molecular flexibility index (Phi) is 1.52. The van der Waals surface area contributed by atoms with Crippen LogP contribution in [0.3, 0.4) is 0 Å². The molecule has 3 heterocycles. The van der Waals surface area contributed by atoms with Crippen LogP contribution in [-0.2, 0) is 0 Å². The highest BCUT2D eigenvalue weighted by Crippen LogP contribution is 2.33. The van der Waals surface area contributed by atoms with Gasteiger partial charge in [0.1, 0.15) is 5.76 Å². The molecule has 0 spiro atoms. The Morgan fingerprint density at radius 2 is 2.62 bits per heavy atom. The summed E-state index contributed by atoms with van der Waals surface area (Å²) < 4.78 is 5.20. The molecule has 3 heteroatoms. The van der Waals surface area contributed by atoms with Crippen LogP contribution in [-0.4, -0.2) is 29.5 Å². The molecule has 2 saturated heterocycles. The van der Waals surface area contributed by atoms with E-state index >= 15 is 0 Å². The molecular weight excluding hydrogens is 164 g/mol. The zero-order chi connectivity index (χ0) is 8.67. The summed E-state index contributed by atoms with van der Waals surface area (Å²) in [7, 11) is 0. The molecule has 0 aliphatic carbocycles. The van der Waals surface area contributed by atoms with Crippen LogP contribution in [0, 0.1) is 5.92 Å². The number of hydrogen-bond acceptors (Lipinski definition) is 3. The largest absolute Gasteiger partial charge is 0.444 e. The summed E-state index contributed by atoms with van der Waals surface area (Å²) in [6.07, 6.45) is 6.73. The summed E-state index contributed by atoms with van der Waals surface area (Å²) in [5.41, 5.74) is 1.52. The Labute approximate surface area is 77.1 Å². The number of oxazole rings is 1. The van der Waals surface area contributed by atoms with Crippen LogP contribution in [0.4, 0.5) is 0 Å². The van der Waals surface area contributed by atoms with Gasteiger partial charge in [0, 0.05) is 13.1 Å².